The zero-order valence-electron chi connectivity index (χ0n) is 14.8. The molecule has 2 aromatic carbocycles. The molecule has 134 valence electrons. The third-order valence-electron chi connectivity index (χ3n) is 4.36. The van der Waals surface area contributed by atoms with E-state index in [1.165, 1.54) is 4.90 Å². The van der Waals surface area contributed by atoms with E-state index in [4.69, 9.17) is 0 Å². The third kappa shape index (κ3) is 3.59. The van der Waals surface area contributed by atoms with Gasteiger partial charge in [0.05, 0.1) is 11.1 Å². The van der Waals surface area contributed by atoms with Crippen molar-refractivity contribution in [3.8, 4) is 0 Å². The normalized spacial score (nSPS) is 12.9. The van der Waals surface area contributed by atoms with E-state index in [0.29, 0.717) is 24.1 Å². The van der Waals surface area contributed by atoms with Crippen LogP contribution in [-0.4, -0.2) is 35.8 Å². The summed E-state index contributed by atoms with van der Waals surface area (Å²) in [4.78, 5) is 37.7. The fourth-order valence-corrected chi connectivity index (χ4v) is 2.92. The van der Waals surface area contributed by atoms with E-state index >= 15 is 0 Å². The van der Waals surface area contributed by atoms with Gasteiger partial charge in [-0.25, -0.2) is 4.79 Å². The molecule has 0 aliphatic carbocycles. The number of aryl methyl sites for hydroxylation is 2. The van der Waals surface area contributed by atoms with Crippen molar-refractivity contribution in [1.82, 2.24) is 10.2 Å². The number of rotatable bonds is 5. The molecule has 0 atom stereocenters. The monoisotopic (exact) mass is 351 g/mol. The van der Waals surface area contributed by atoms with Crippen LogP contribution in [0.2, 0.25) is 0 Å². The molecule has 0 saturated heterocycles. The van der Waals surface area contributed by atoms with E-state index in [0.717, 1.165) is 16.8 Å². The molecule has 0 fully saturated rings. The molecule has 0 radical (unpaired) electrons. The second kappa shape index (κ2) is 7.39. The van der Waals surface area contributed by atoms with Gasteiger partial charge in [0.1, 0.15) is 0 Å². The molecule has 6 nitrogen and oxygen atoms in total. The van der Waals surface area contributed by atoms with Crippen LogP contribution < -0.4 is 10.6 Å². The molecule has 2 N–H and O–H groups in total. The van der Waals surface area contributed by atoms with Gasteiger partial charge in [0.2, 0.25) is 0 Å². The SMILES string of the molecule is Cc1ccc(C)c(NC(=O)NCCCN2C(=O)c3ccccc3C2=O)c1. The lowest BCUT2D eigenvalue weighted by atomic mass is 10.1. The number of carbonyl (C=O) groups excluding carboxylic acids is 3. The van der Waals surface area contributed by atoms with Crippen molar-refractivity contribution in [3.63, 3.8) is 0 Å². The van der Waals surface area contributed by atoms with Crippen molar-refractivity contribution in [2.45, 2.75) is 20.3 Å². The van der Waals surface area contributed by atoms with Crippen LogP contribution in [0, 0.1) is 13.8 Å². The number of urea groups is 1. The smallest absolute Gasteiger partial charge is 0.319 e. The van der Waals surface area contributed by atoms with Gasteiger partial charge < -0.3 is 10.6 Å². The van der Waals surface area contributed by atoms with Gasteiger partial charge in [-0.2, -0.15) is 0 Å². The molecular formula is C20H21N3O3. The van der Waals surface area contributed by atoms with E-state index in [1.807, 2.05) is 32.0 Å². The van der Waals surface area contributed by atoms with Gasteiger partial charge in [-0.3, -0.25) is 14.5 Å². The van der Waals surface area contributed by atoms with Crippen molar-refractivity contribution in [3.05, 3.63) is 64.7 Å². The molecule has 1 heterocycles. The molecule has 6 heteroatoms. The summed E-state index contributed by atoms with van der Waals surface area (Å²) in [6, 6.07) is 12.3. The number of hydrogen-bond acceptors (Lipinski definition) is 3. The molecule has 1 aliphatic heterocycles. The zero-order valence-corrected chi connectivity index (χ0v) is 14.8. The standard InChI is InChI=1S/C20H21N3O3/c1-13-8-9-14(2)17(12-13)22-20(26)21-10-5-11-23-18(24)15-6-3-4-7-16(15)19(23)25/h3-4,6-9,12H,5,10-11H2,1-2H3,(H2,21,22,26). The Morgan fingerprint density at radius 2 is 1.65 bits per heavy atom. The van der Waals surface area contributed by atoms with Crippen molar-refractivity contribution in [2.75, 3.05) is 18.4 Å². The first-order valence-corrected chi connectivity index (χ1v) is 8.54. The fourth-order valence-electron chi connectivity index (χ4n) is 2.92. The Labute approximate surface area is 152 Å². The zero-order chi connectivity index (χ0) is 18.7. The van der Waals surface area contributed by atoms with E-state index in [-0.39, 0.29) is 24.4 Å². The Kier molecular flexibility index (Phi) is 5.02. The van der Waals surface area contributed by atoms with Gasteiger partial charge >= 0.3 is 6.03 Å². The molecule has 0 bridgehead atoms. The lowest BCUT2D eigenvalue weighted by Gasteiger charge is -2.14. The van der Waals surface area contributed by atoms with Crippen LogP contribution in [0.4, 0.5) is 10.5 Å². The predicted molar refractivity (Wildman–Crippen MR) is 99.4 cm³/mol. The largest absolute Gasteiger partial charge is 0.338 e. The first kappa shape index (κ1) is 17.7. The van der Waals surface area contributed by atoms with Crippen LogP contribution in [0.3, 0.4) is 0 Å². The maximum atomic E-state index is 12.3. The minimum Gasteiger partial charge on any atom is -0.338 e. The molecule has 3 rings (SSSR count). The van der Waals surface area contributed by atoms with E-state index in [9.17, 15) is 14.4 Å². The average Bonchev–Trinajstić information content (AvgIpc) is 2.87. The number of carbonyl (C=O) groups is 3. The number of hydrogen-bond donors (Lipinski definition) is 2. The lowest BCUT2D eigenvalue weighted by Crippen LogP contribution is -2.35. The highest BCUT2D eigenvalue weighted by Gasteiger charge is 2.34. The molecule has 0 spiro atoms. The average molecular weight is 351 g/mol. The number of amides is 4. The summed E-state index contributed by atoms with van der Waals surface area (Å²) in [7, 11) is 0. The molecule has 2 aromatic rings. The molecule has 26 heavy (non-hydrogen) atoms. The molecule has 0 unspecified atom stereocenters. The summed E-state index contributed by atoms with van der Waals surface area (Å²) in [5.74, 6) is -0.545. The molecule has 0 aromatic heterocycles. The Morgan fingerprint density at radius 1 is 1.00 bits per heavy atom. The van der Waals surface area contributed by atoms with Gasteiger partial charge in [-0.05, 0) is 49.6 Å². The van der Waals surface area contributed by atoms with Gasteiger partial charge in [0.15, 0.2) is 0 Å². The molecule has 1 aliphatic rings. The number of benzene rings is 2. The van der Waals surface area contributed by atoms with E-state index < -0.39 is 0 Å². The third-order valence-corrected chi connectivity index (χ3v) is 4.36. The number of nitrogens with one attached hydrogen (secondary N) is 2. The second-order valence-corrected chi connectivity index (χ2v) is 6.36. The van der Waals surface area contributed by atoms with E-state index in [1.54, 1.807) is 24.3 Å². The topological polar surface area (TPSA) is 78.5 Å². The minimum absolute atomic E-state index is 0.273. The number of nitrogens with zero attached hydrogens (tertiary/aromatic N) is 1. The Hall–Kier alpha value is -3.15. The summed E-state index contributed by atoms with van der Waals surface area (Å²) >= 11 is 0. The van der Waals surface area contributed by atoms with Gasteiger partial charge in [-0.1, -0.05) is 24.3 Å². The molecule has 4 amide bonds. The maximum Gasteiger partial charge on any atom is 0.319 e. The van der Waals surface area contributed by atoms with Crippen LogP contribution in [0.1, 0.15) is 38.3 Å². The maximum absolute atomic E-state index is 12.3. The van der Waals surface area contributed by atoms with Crippen molar-refractivity contribution >= 4 is 23.5 Å². The highest BCUT2D eigenvalue weighted by Crippen LogP contribution is 2.22. The van der Waals surface area contributed by atoms with Crippen molar-refractivity contribution in [2.24, 2.45) is 0 Å². The van der Waals surface area contributed by atoms with E-state index in [2.05, 4.69) is 10.6 Å². The van der Waals surface area contributed by atoms with Crippen molar-refractivity contribution < 1.29 is 14.4 Å². The summed E-state index contributed by atoms with van der Waals surface area (Å²) in [6.45, 7) is 4.53. The van der Waals surface area contributed by atoms with Crippen LogP contribution in [0.15, 0.2) is 42.5 Å². The second-order valence-electron chi connectivity index (χ2n) is 6.36. The number of anilines is 1. The lowest BCUT2D eigenvalue weighted by molar-refractivity contribution is 0.0653. The van der Waals surface area contributed by atoms with Crippen LogP contribution >= 0.6 is 0 Å². The fraction of sp³-hybridized carbons (Fsp3) is 0.250. The predicted octanol–water partition coefficient (Wildman–Crippen LogP) is 3.11. The van der Waals surface area contributed by atoms with Gasteiger partial charge in [0.25, 0.3) is 11.8 Å². The highest BCUT2D eigenvalue weighted by molar-refractivity contribution is 6.21. The number of imide groups is 1. The first-order valence-electron chi connectivity index (χ1n) is 8.54. The first-order chi connectivity index (χ1) is 12.5. The highest BCUT2D eigenvalue weighted by atomic mass is 16.2. The quantitative estimate of drug-likeness (QED) is 0.642. The molecule has 0 saturated carbocycles. The number of fused-ring (bicyclic) bond motifs is 1. The van der Waals surface area contributed by atoms with Crippen LogP contribution in [-0.2, 0) is 0 Å². The Morgan fingerprint density at radius 3 is 2.31 bits per heavy atom. The van der Waals surface area contributed by atoms with Crippen molar-refractivity contribution in [1.29, 1.82) is 0 Å². The van der Waals surface area contributed by atoms with Gasteiger partial charge in [-0.15, -0.1) is 0 Å². The van der Waals surface area contributed by atoms with Gasteiger partial charge in [0, 0.05) is 18.8 Å². The van der Waals surface area contributed by atoms with Crippen LogP contribution in [0.25, 0.3) is 0 Å². The minimum atomic E-state index is -0.305. The summed E-state index contributed by atoms with van der Waals surface area (Å²) in [5, 5.41) is 5.57. The summed E-state index contributed by atoms with van der Waals surface area (Å²) < 4.78 is 0. The Balaban J connectivity index is 1.47. The summed E-state index contributed by atoms with van der Waals surface area (Å²) in [5.41, 5.74) is 3.70. The molecular weight excluding hydrogens is 330 g/mol. The van der Waals surface area contributed by atoms with Crippen LogP contribution in [0.5, 0.6) is 0 Å². The summed E-state index contributed by atoms with van der Waals surface area (Å²) in [6.07, 6.45) is 0.492. The Bertz CT molecular complexity index is 841.